The topological polar surface area (TPSA) is 89.3 Å². The summed E-state index contributed by atoms with van der Waals surface area (Å²) in [7, 11) is 0. The summed E-state index contributed by atoms with van der Waals surface area (Å²) in [6, 6.07) is 4.58. The van der Waals surface area contributed by atoms with Crippen LogP contribution in [0.3, 0.4) is 0 Å². The van der Waals surface area contributed by atoms with Crippen molar-refractivity contribution < 1.29 is 9.90 Å². The first-order valence-electron chi connectivity index (χ1n) is 3.46. The number of carboxylic acid groups (broad SMARTS) is 1. The zero-order chi connectivity index (χ0) is 9.14. The van der Waals surface area contributed by atoms with E-state index in [1.54, 1.807) is 6.07 Å². The Bertz CT molecular complexity index is 318. The molecule has 0 fully saturated rings. The average Bonchev–Trinajstić information content (AvgIpc) is 2.03. The summed E-state index contributed by atoms with van der Waals surface area (Å²) in [4.78, 5) is 10.5. The van der Waals surface area contributed by atoms with Crippen LogP contribution in [0.2, 0.25) is 0 Å². The Morgan fingerprint density at radius 3 is 2.29 bits per heavy atom. The Kier molecular flexibility index (Phi) is 7.17. The maximum atomic E-state index is 10.5. The lowest BCUT2D eigenvalue weighted by molar-refractivity contribution is 0.0697. The number of hydrogen-bond acceptors (Lipinski definition) is 3. The van der Waals surface area contributed by atoms with Crippen LogP contribution in [0.25, 0.3) is 0 Å². The Balaban J connectivity index is 0. The predicted molar refractivity (Wildman–Crippen MR) is 60.2 cm³/mol. The minimum Gasteiger partial charge on any atom is -0.478 e. The van der Waals surface area contributed by atoms with E-state index in [0.29, 0.717) is 12.2 Å². The van der Waals surface area contributed by atoms with E-state index < -0.39 is 5.97 Å². The van der Waals surface area contributed by atoms with Crippen molar-refractivity contribution in [3.63, 3.8) is 0 Å². The van der Waals surface area contributed by atoms with Crippen molar-refractivity contribution in [1.29, 1.82) is 0 Å². The maximum Gasteiger partial charge on any atom is 0.335 e. The maximum absolute atomic E-state index is 10.5. The second-order valence-electron chi connectivity index (χ2n) is 2.47. The highest BCUT2D eigenvalue weighted by molar-refractivity contribution is 5.89. The Morgan fingerprint density at radius 1 is 1.29 bits per heavy atom. The molecule has 0 aliphatic heterocycles. The first-order valence-corrected chi connectivity index (χ1v) is 3.46. The molecular formula is C8H12Cl2N2O2. The molecule has 1 aromatic rings. The van der Waals surface area contributed by atoms with E-state index in [0.717, 1.165) is 5.56 Å². The summed E-state index contributed by atoms with van der Waals surface area (Å²) in [5.41, 5.74) is 12.1. The fraction of sp³-hybridized carbons (Fsp3) is 0.125. The Hall–Kier alpha value is -0.970. The van der Waals surface area contributed by atoms with E-state index in [-0.39, 0.29) is 30.4 Å². The average molecular weight is 239 g/mol. The van der Waals surface area contributed by atoms with Crippen LogP contribution in [-0.4, -0.2) is 11.1 Å². The second kappa shape index (κ2) is 6.48. The zero-order valence-electron chi connectivity index (χ0n) is 7.27. The zero-order valence-corrected chi connectivity index (χ0v) is 8.90. The van der Waals surface area contributed by atoms with Gasteiger partial charge in [-0.05, 0) is 23.8 Å². The van der Waals surface area contributed by atoms with E-state index in [2.05, 4.69) is 0 Å². The summed E-state index contributed by atoms with van der Waals surface area (Å²) in [5, 5.41) is 8.63. The predicted octanol–water partition coefficient (Wildman–Crippen LogP) is 1.27. The number of aromatic carboxylic acids is 1. The van der Waals surface area contributed by atoms with Gasteiger partial charge in [-0.25, -0.2) is 4.79 Å². The van der Waals surface area contributed by atoms with Gasteiger partial charge in [0.2, 0.25) is 0 Å². The van der Waals surface area contributed by atoms with Crippen LogP contribution in [0.5, 0.6) is 0 Å². The highest BCUT2D eigenvalue weighted by Gasteiger charge is 2.04. The molecular weight excluding hydrogens is 227 g/mol. The summed E-state index contributed by atoms with van der Waals surface area (Å²) in [6.45, 7) is 0.297. The van der Waals surface area contributed by atoms with Crippen molar-refractivity contribution in [2.24, 2.45) is 5.73 Å². The van der Waals surface area contributed by atoms with Crippen LogP contribution < -0.4 is 11.5 Å². The number of halogens is 2. The van der Waals surface area contributed by atoms with Crippen LogP contribution in [0.1, 0.15) is 15.9 Å². The molecule has 0 bridgehead atoms. The fourth-order valence-electron chi connectivity index (χ4n) is 0.960. The molecule has 0 amide bonds. The van der Waals surface area contributed by atoms with E-state index in [9.17, 15) is 4.79 Å². The number of hydrogen-bond donors (Lipinski definition) is 3. The standard InChI is InChI=1S/C8H10N2O2.2ClH/c9-4-5-1-6(8(11)12)3-7(10)2-5;;/h1-3H,4,9-10H2,(H,11,12);2*1H. The molecule has 14 heavy (non-hydrogen) atoms. The molecule has 0 aliphatic carbocycles. The SMILES string of the molecule is Cl.Cl.NCc1cc(N)cc(C(=O)O)c1. The van der Waals surface area contributed by atoms with Crippen LogP contribution in [0.4, 0.5) is 5.69 Å². The molecule has 80 valence electrons. The molecule has 4 nitrogen and oxygen atoms in total. The van der Waals surface area contributed by atoms with Gasteiger partial charge in [-0.2, -0.15) is 0 Å². The second-order valence-corrected chi connectivity index (χ2v) is 2.47. The third-order valence-electron chi connectivity index (χ3n) is 1.50. The minimum absolute atomic E-state index is 0. The van der Waals surface area contributed by atoms with Crippen molar-refractivity contribution in [2.45, 2.75) is 6.54 Å². The van der Waals surface area contributed by atoms with E-state index in [1.165, 1.54) is 12.1 Å². The van der Waals surface area contributed by atoms with E-state index >= 15 is 0 Å². The Morgan fingerprint density at radius 2 is 1.86 bits per heavy atom. The first kappa shape index (κ1) is 15.5. The number of nitrogens with two attached hydrogens (primary N) is 2. The van der Waals surface area contributed by atoms with Crippen LogP contribution >= 0.6 is 24.8 Å². The van der Waals surface area contributed by atoms with Crippen molar-refractivity contribution in [1.82, 2.24) is 0 Å². The Labute approximate surface area is 94.1 Å². The largest absolute Gasteiger partial charge is 0.478 e. The van der Waals surface area contributed by atoms with Crippen molar-refractivity contribution in [3.8, 4) is 0 Å². The van der Waals surface area contributed by atoms with Crippen molar-refractivity contribution in [3.05, 3.63) is 29.3 Å². The van der Waals surface area contributed by atoms with Gasteiger partial charge in [-0.15, -0.1) is 24.8 Å². The number of carbonyl (C=O) groups is 1. The molecule has 0 unspecified atom stereocenters. The van der Waals surface area contributed by atoms with Crippen LogP contribution in [0.15, 0.2) is 18.2 Å². The van der Waals surface area contributed by atoms with Gasteiger partial charge < -0.3 is 16.6 Å². The molecule has 1 rings (SSSR count). The smallest absolute Gasteiger partial charge is 0.335 e. The van der Waals surface area contributed by atoms with Crippen molar-refractivity contribution in [2.75, 3.05) is 5.73 Å². The number of carboxylic acids is 1. The van der Waals surface area contributed by atoms with Crippen LogP contribution in [0, 0.1) is 0 Å². The highest BCUT2D eigenvalue weighted by atomic mass is 35.5. The molecule has 0 atom stereocenters. The molecule has 0 aliphatic rings. The van der Waals surface area contributed by atoms with E-state index in [1.807, 2.05) is 0 Å². The third-order valence-corrected chi connectivity index (χ3v) is 1.50. The number of anilines is 1. The van der Waals surface area contributed by atoms with Gasteiger partial charge in [-0.1, -0.05) is 0 Å². The number of benzene rings is 1. The summed E-state index contributed by atoms with van der Waals surface area (Å²) in [6.07, 6.45) is 0. The van der Waals surface area contributed by atoms with Gasteiger partial charge in [-0.3, -0.25) is 0 Å². The van der Waals surface area contributed by atoms with Crippen LogP contribution in [-0.2, 0) is 6.54 Å². The molecule has 5 N–H and O–H groups in total. The quantitative estimate of drug-likeness (QED) is 0.678. The summed E-state index contributed by atoms with van der Waals surface area (Å²) in [5.74, 6) is -0.989. The molecule has 0 aromatic heterocycles. The lowest BCUT2D eigenvalue weighted by atomic mass is 10.1. The normalized spacial score (nSPS) is 8.36. The summed E-state index contributed by atoms with van der Waals surface area (Å²) < 4.78 is 0. The lowest BCUT2D eigenvalue weighted by Crippen LogP contribution is -2.03. The minimum atomic E-state index is -0.989. The molecule has 0 radical (unpaired) electrons. The van der Waals surface area contributed by atoms with Gasteiger partial charge in [0, 0.05) is 12.2 Å². The van der Waals surface area contributed by atoms with Gasteiger partial charge >= 0.3 is 5.97 Å². The molecule has 1 aromatic carbocycles. The monoisotopic (exact) mass is 238 g/mol. The van der Waals surface area contributed by atoms with Crippen molar-refractivity contribution >= 4 is 36.5 Å². The van der Waals surface area contributed by atoms with Gasteiger partial charge in [0.05, 0.1) is 5.56 Å². The molecule has 6 heteroatoms. The van der Waals surface area contributed by atoms with Gasteiger partial charge in [0.15, 0.2) is 0 Å². The molecule has 0 spiro atoms. The number of rotatable bonds is 2. The number of nitrogen functional groups attached to an aromatic ring is 1. The molecule has 0 heterocycles. The lowest BCUT2D eigenvalue weighted by Gasteiger charge is -2.01. The fourth-order valence-corrected chi connectivity index (χ4v) is 0.960. The highest BCUT2D eigenvalue weighted by Crippen LogP contribution is 2.11. The van der Waals surface area contributed by atoms with E-state index in [4.69, 9.17) is 16.6 Å². The third kappa shape index (κ3) is 3.83. The first-order chi connectivity index (χ1) is 5.63. The molecule has 0 saturated carbocycles. The molecule has 0 saturated heterocycles. The van der Waals surface area contributed by atoms with Gasteiger partial charge in [0.25, 0.3) is 0 Å². The van der Waals surface area contributed by atoms with Gasteiger partial charge in [0.1, 0.15) is 0 Å². The summed E-state index contributed by atoms with van der Waals surface area (Å²) >= 11 is 0.